The Kier molecular flexibility index (Phi) is 7.23. The summed E-state index contributed by atoms with van der Waals surface area (Å²) in [6.45, 7) is 3.08. The first-order valence-corrected chi connectivity index (χ1v) is 9.02. The summed E-state index contributed by atoms with van der Waals surface area (Å²) in [5.41, 5.74) is -0.806. The molecule has 1 aromatic rings. The third-order valence-corrected chi connectivity index (χ3v) is 4.60. The molecule has 1 aliphatic rings. The number of hydrogen-bond acceptors (Lipinski definition) is 5. The number of carbonyl (C=O) groups is 2. The molecule has 3 atom stereocenters. The van der Waals surface area contributed by atoms with Crippen LogP contribution < -0.4 is 4.74 Å². The van der Waals surface area contributed by atoms with E-state index >= 15 is 0 Å². The van der Waals surface area contributed by atoms with Crippen LogP contribution in [0.1, 0.15) is 38.7 Å². The summed E-state index contributed by atoms with van der Waals surface area (Å²) in [6, 6.07) is 4.53. The first kappa shape index (κ1) is 21.9. The molecule has 0 aliphatic heterocycles. The Morgan fingerprint density at radius 1 is 1.36 bits per heavy atom. The van der Waals surface area contributed by atoms with Gasteiger partial charge in [-0.15, -0.1) is 0 Å². The molecule has 28 heavy (non-hydrogen) atoms. The van der Waals surface area contributed by atoms with Gasteiger partial charge in [0, 0.05) is 25.7 Å². The van der Waals surface area contributed by atoms with E-state index in [1.165, 1.54) is 19.1 Å². The summed E-state index contributed by atoms with van der Waals surface area (Å²) in [7, 11) is 0. The summed E-state index contributed by atoms with van der Waals surface area (Å²) in [4.78, 5) is 23.4. The lowest BCUT2D eigenvalue weighted by molar-refractivity contribution is -0.139. The minimum absolute atomic E-state index is 0.00249. The highest BCUT2D eigenvalue weighted by Gasteiger charge is 2.43. The van der Waals surface area contributed by atoms with Crippen LogP contribution in [0.5, 0.6) is 5.75 Å². The van der Waals surface area contributed by atoms with Crippen molar-refractivity contribution in [3.63, 3.8) is 0 Å². The van der Waals surface area contributed by atoms with E-state index < -0.39 is 35.6 Å². The number of carbonyl (C=O) groups excluding carboxylic acids is 2. The van der Waals surface area contributed by atoms with E-state index in [4.69, 9.17) is 9.47 Å². The van der Waals surface area contributed by atoms with Crippen LogP contribution in [0, 0.1) is 11.8 Å². The molecule has 1 N–H and O–H groups in total. The maximum absolute atomic E-state index is 12.7. The van der Waals surface area contributed by atoms with Crippen LogP contribution in [0.15, 0.2) is 36.1 Å². The molecule has 8 heteroatoms. The maximum Gasteiger partial charge on any atom is 0.416 e. The van der Waals surface area contributed by atoms with E-state index in [9.17, 15) is 27.9 Å². The van der Waals surface area contributed by atoms with Gasteiger partial charge in [-0.2, -0.15) is 13.2 Å². The molecule has 1 aliphatic carbocycles. The number of aliphatic hydroxyl groups is 1. The first-order valence-electron chi connectivity index (χ1n) is 9.02. The fourth-order valence-corrected chi connectivity index (χ4v) is 3.37. The number of hydrogen-bond donors (Lipinski definition) is 1. The second-order valence-electron chi connectivity index (χ2n) is 6.64. The largest absolute Gasteiger partial charge is 0.493 e. The van der Waals surface area contributed by atoms with E-state index in [0.717, 1.165) is 12.1 Å². The van der Waals surface area contributed by atoms with Crippen molar-refractivity contribution < 1.29 is 37.3 Å². The van der Waals surface area contributed by atoms with Crippen LogP contribution >= 0.6 is 0 Å². The average molecular weight is 400 g/mol. The molecule has 0 heterocycles. The molecule has 0 amide bonds. The van der Waals surface area contributed by atoms with Crippen molar-refractivity contribution in [1.82, 2.24) is 0 Å². The van der Waals surface area contributed by atoms with Crippen molar-refractivity contribution in [1.29, 1.82) is 0 Å². The van der Waals surface area contributed by atoms with Crippen molar-refractivity contribution in [3.05, 3.63) is 41.7 Å². The summed E-state index contributed by atoms with van der Waals surface area (Å²) in [6.07, 6.45) is -3.12. The van der Waals surface area contributed by atoms with E-state index in [0.29, 0.717) is 6.42 Å². The topological polar surface area (TPSA) is 72.8 Å². The fraction of sp³-hybridized carbons (Fsp3) is 0.500. The molecule has 0 aromatic heterocycles. The summed E-state index contributed by atoms with van der Waals surface area (Å²) >= 11 is 0. The van der Waals surface area contributed by atoms with Gasteiger partial charge in [0.05, 0.1) is 24.2 Å². The van der Waals surface area contributed by atoms with Crippen LogP contribution in [0.4, 0.5) is 13.2 Å². The van der Waals surface area contributed by atoms with Crippen molar-refractivity contribution >= 4 is 11.8 Å². The van der Waals surface area contributed by atoms with Gasteiger partial charge in [0.25, 0.3) is 0 Å². The molecule has 0 unspecified atom stereocenters. The summed E-state index contributed by atoms with van der Waals surface area (Å²) in [5, 5.41) is 10.2. The van der Waals surface area contributed by atoms with Crippen LogP contribution in [0.3, 0.4) is 0 Å². The normalized spacial score (nSPS) is 23.0. The van der Waals surface area contributed by atoms with Gasteiger partial charge in [0.15, 0.2) is 0 Å². The third kappa shape index (κ3) is 5.58. The number of esters is 1. The monoisotopic (exact) mass is 400 g/mol. The fourth-order valence-electron chi connectivity index (χ4n) is 3.37. The third-order valence-electron chi connectivity index (χ3n) is 4.60. The minimum Gasteiger partial charge on any atom is -0.493 e. The average Bonchev–Trinajstić information content (AvgIpc) is 2.90. The molecule has 5 nitrogen and oxygen atoms in total. The van der Waals surface area contributed by atoms with E-state index in [1.807, 2.05) is 6.92 Å². The van der Waals surface area contributed by atoms with Crippen LogP contribution in [-0.2, 0) is 20.5 Å². The molecule has 0 bridgehead atoms. The number of benzene rings is 1. The van der Waals surface area contributed by atoms with Gasteiger partial charge >= 0.3 is 12.1 Å². The quantitative estimate of drug-likeness (QED) is 0.427. The molecule has 2 rings (SSSR count). The Morgan fingerprint density at radius 2 is 2.07 bits per heavy atom. The number of halogens is 3. The molecule has 1 aromatic carbocycles. The van der Waals surface area contributed by atoms with E-state index in [-0.39, 0.29) is 36.7 Å². The predicted octanol–water partition coefficient (Wildman–Crippen LogP) is 3.90. The zero-order valence-electron chi connectivity index (χ0n) is 15.7. The van der Waals surface area contributed by atoms with Gasteiger partial charge in [-0.25, -0.2) is 0 Å². The van der Waals surface area contributed by atoms with E-state index in [2.05, 4.69) is 0 Å². The predicted molar refractivity (Wildman–Crippen MR) is 94.3 cm³/mol. The van der Waals surface area contributed by atoms with Gasteiger partial charge < -0.3 is 14.6 Å². The van der Waals surface area contributed by atoms with E-state index in [1.54, 1.807) is 6.08 Å². The summed E-state index contributed by atoms with van der Waals surface area (Å²) in [5.74, 6) is -1.45. The standard InChI is InChI=1S/C20H23F3O5/c1-3-15-16(25)11-17(26)19(15)18(28-12(2)24)8-5-9-27-14-7-4-6-13(10-14)20(21,22)23/h4,6-8,10,15,17,19,26H,3,5,9,11H2,1-2H3/b18-8+/t15-,17+,19+/m0/s1. The Balaban J connectivity index is 2.06. The lowest BCUT2D eigenvalue weighted by Crippen LogP contribution is -2.25. The number of ketones is 1. The van der Waals surface area contributed by atoms with Gasteiger partial charge in [0.1, 0.15) is 17.3 Å². The number of Topliss-reactive ketones (excluding diaryl/α,β-unsaturated/α-hetero) is 1. The van der Waals surface area contributed by atoms with Crippen LogP contribution in [0.2, 0.25) is 0 Å². The molecule has 154 valence electrons. The Bertz CT molecular complexity index is 742. The number of ether oxygens (including phenoxy) is 2. The second-order valence-corrected chi connectivity index (χ2v) is 6.64. The number of rotatable bonds is 7. The minimum atomic E-state index is -4.46. The highest BCUT2D eigenvalue weighted by atomic mass is 19.4. The second kappa shape index (κ2) is 9.23. The van der Waals surface area contributed by atoms with Crippen molar-refractivity contribution in [3.8, 4) is 5.75 Å². The zero-order valence-corrected chi connectivity index (χ0v) is 15.7. The summed E-state index contributed by atoms with van der Waals surface area (Å²) < 4.78 is 48.7. The molecule has 0 radical (unpaired) electrons. The Morgan fingerprint density at radius 3 is 2.68 bits per heavy atom. The van der Waals surface area contributed by atoms with Gasteiger partial charge in [0.2, 0.25) is 0 Å². The van der Waals surface area contributed by atoms with Crippen molar-refractivity contribution in [2.75, 3.05) is 6.61 Å². The van der Waals surface area contributed by atoms with Gasteiger partial charge in [-0.3, -0.25) is 9.59 Å². The van der Waals surface area contributed by atoms with Gasteiger partial charge in [-0.1, -0.05) is 13.0 Å². The van der Waals surface area contributed by atoms with Crippen molar-refractivity contribution in [2.45, 2.75) is 45.4 Å². The van der Waals surface area contributed by atoms with Gasteiger partial charge in [-0.05, 0) is 30.7 Å². The number of alkyl halides is 3. The highest BCUT2D eigenvalue weighted by molar-refractivity contribution is 5.85. The van der Waals surface area contributed by atoms with Crippen LogP contribution in [-0.4, -0.2) is 29.6 Å². The first-order chi connectivity index (χ1) is 13.1. The van der Waals surface area contributed by atoms with Crippen LogP contribution in [0.25, 0.3) is 0 Å². The molecule has 0 saturated heterocycles. The molecule has 1 fully saturated rings. The maximum atomic E-state index is 12.7. The lowest BCUT2D eigenvalue weighted by atomic mass is 9.89. The number of aliphatic hydroxyl groups excluding tert-OH is 1. The zero-order chi connectivity index (χ0) is 20.9. The Labute approximate surface area is 161 Å². The molecular weight excluding hydrogens is 377 g/mol. The molecule has 0 spiro atoms. The smallest absolute Gasteiger partial charge is 0.416 e. The molecule has 1 saturated carbocycles. The SMILES string of the molecule is CC[C@H]1C(=O)C[C@@H](O)[C@@H]1/C(=C\CCOc1cccc(C(F)(F)F)c1)OC(C)=O. The highest BCUT2D eigenvalue weighted by Crippen LogP contribution is 2.37. The lowest BCUT2D eigenvalue weighted by Gasteiger charge is -2.22. The Hall–Kier alpha value is -2.35. The van der Waals surface area contributed by atoms with Crippen molar-refractivity contribution in [2.24, 2.45) is 11.8 Å². The molecular formula is C20H23F3O5.